The third kappa shape index (κ3) is 6.97. The maximum atomic E-state index is 13.1. The second kappa shape index (κ2) is 11.7. The highest BCUT2D eigenvalue weighted by Gasteiger charge is 2.18. The highest BCUT2D eigenvalue weighted by atomic mass is 35.5. The Morgan fingerprint density at radius 2 is 1.87 bits per heavy atom. The van der Waals surface area contributed by atoms with E-state index in [1.54, 1.807) is 29.2 Å². The van der Waals surface area contributed by atoms with Gasteiger partial charge >= 0.3 is 0 Å². The predicted molar refractivity (Wildman–Crippen MR) is 120 cm³/mol. The van der Waals surface area contributed by atoms with Crippen LogP contribution in [0.2, 0.25) is 5.02 Å². The molecule has 1 aliphatic rings. The van der Waals surface area contributed by atoms with E-state index in [9.17, 15) is 9.59 Å². The molecule has 0 atom stereocenters. The number of amides is 2. The standard InChI is InChI=1S/C24H29ClN2O4/c1-2-3-11-27(17-19-5-4-6-21(25)16-19)24(29)20-7-9-22(10-8-20)31-18-23(28)26-12-14-30-15-13-26/h4-10,16H,2-3,11-15,17-18H2,1H3. The van der Waals surface area contributed by atoms with Crippen LogP contribution in [0.15, 0.2) is 48.5 Å². The van der Waals surface area contributed by atoms with Crippen molar-refractivity contribution in [1.82, 2.24) is 9.80 Å². The molecule has 0 saturated carbocycles. The molecule has 1 saturated heterocycles. The number of halogens is 1. The number of benzene rings is 2. The summed E-state index contributed by atoms with van der Waals surface area (Å²) < 4.78 is 10.9. The molecule has 1 aliphatic heterocycles. The molecule has 0 unspecified atom stereocenters. The molecule has 2 aromatic carbocycles. The molecule has 2 aromatic rings. The monoisotopic (exact) mass is 444 g/mol. The van der Waals surface area contributed by atoms with Crippen molar-refractivity contribution in [1.29, 1.82) is 0 Å². The second-order valence-corrected chi connectivity index (χ2v) is 7.95. The van der Waals surface area contributed by atoms with Gasteiger partial charge in [0.25, 0.3) is 11.8 Å². The fourth-order valence-electron chi connectivity index (χ4n) is 3.38. The maximum absolute atomic E-state index is 13.1. The SMILES string of the molecule is CCCCN(Cc1cccc(Cl)c1)C(=O)c1ccc(OCC(=O)N2CCOCC2)cc1. The van der Waals surface area contributed by atoms with Crippen LogP contribution in [0.3, 0.4) is 0 Å². The summed E-state index contributed by atoms with van der Waals surface area (Å²) >= 11 is 6.10. The number of hydrogen-bond acceptors (Lipinski definition) is 4. The summed E-state index contributed by atoms with van der Waals surface area (Å²) in [5.74, 6) is 0.466. The topological polar surface area (TPSA) is 59.1 Å². The van der Waals surface area contributed by atoms with Crippen LogP contribution in [0.25, 0.3) is 0 Å². The summed E-state index contributed by atoms with van der Waals surface area (Å²) in [6.45, 7) is 5.57. The van der Waals surface area contributed by atoms with Gasteiger partial charge in [-0.1, -0.05) is 37.1 Å². The minimum absolute atomic E-state index is 0.0231. The van der Waals surface area contributed by atoms with Gasteiger partial charge in [-0.2, -0.15) is 0 Å². The van der Waals surface area contributed by atoms with Crippen molar-refractivity contribution in [2.24, 2.45) is 0 Å². The lowest BCUT2D eigenvalue weighted by molar-refractivity contribution is -0.137. The van der Waals surface area contributed by atoms with Crippen LogP contribution in [-0.2, 0) is 16.1 Å². The first-order valence-corrected chi connectivity index (χ1v) is 11.1. The van der Waals surface area contributed by atoms with Crippen molar-refractivity contribution in [3.05, 3.63) is 64.7 Å². The highest BCUT2D eigenvalue weighted by Crippen LogP contribution is 2.18. The summed E-state index contributed by atoms with van der Waals surface area (Å²) in [7, 11) is 0. The summed E-state index contributed by atoms with van der Waals surface area (Å²) in [4.78, 5) is 28.9. The van der Waals surface area contributed by atoms with Crippen LogP contribution in [0.4, 0.5) is 0 Å². The molecule has 0 N–H and O–H groups in total. The Bertz CT molecular complexity index is 866. The van der Waals surface area contributed by atoms with Crippen molar-refractivity contribution in [2.45, 2.75) is 26.3 Å². The Balaban J connectivity index is 1.60. The van der Waals surface area contributed by atoms with E-state index in [1.807, 2.05) is 29.2 Å². The minimum atomic E-state index is -0.0595. The molecule has 0 spiro atoms. The van der Waals surface area contributed by atoms with Gasteiger partial charge in [0.2, 0.25) is 0 Å². The number of morpholine rings is 1. The Kier molecular flexibility index (Phi) is 8.74. The Hall–Kier alpha value is -2.57. The van der Waals surface area contributed by atoms with Crippen LogP contribution in [-0.4, -0.2) is 61.1 Å². The van der Waals surface area contributed by atoms with Gasteiger partial charge in [-0.05, 0) is 48.4 Å². The average molecular weight is 445 g/mol. The zero-order valence-electron chi connectivity index (χ0n) is 17.9. The van der Waals surface area contributed by atoms with E-state index in [2.05, 4.69) is 6.92 Å². The zero-order chi connectivity index (χ0) is 22.1. The van der Waals surface area contributed by atoms with Gasteiger partial charge in [-0.3, -0.25) is 9.59 Å². The first kappa shape index (κ1) is 23.1. The molecule has 2 amide bonds. The van der Waals surface area contributed by atoms with E-state index in [1.165, 1.54) is 0 Å². The number of unbranched alkanes of at least 4 members (excludes halogenated alkanes) is 1. The van der Waals surface area contributed by atoms with Crippen molar-refractivity contribution >= 4 is 23.4 Å². The largest absolute Gasteiger partial charge is 0.484 e. The van der Waals surface area contributed by atoms with E-state index in [0.717, 1.165) is 18.4 Å². The van der Waals surface area contributed by atoms with E-state index in [0.29, 0.717) is 55.7 Å². The lowest BCUT2D eigenvalue weighted by Crippen LogP contribution is -2.42. The van der Waals surface area contributed by atoms with Gasteiger partial charge in [-0.25, -0.2) is 0 Å². The van der Waals surface area contributed by atoms with E-state index in [4.69, 9.17) is 21.1 Å². The van der Waals surface area contributed by atoms with E-state index < -0.39 is 0 Å². The molecule has 0 aromatic heterocycles. The van der Waals surface area contributed by atoms with Crippen LogP contribution >= 0.6 is 11.6 Å². The fourth-order valence-corrected chi connectivity index (χ4v) is 3.60. The van der Waals surface area contributed by atoms with Gasteiger partial charge < -0.3 is 19.3 Å². The maximum Gasteiger partial charge on any atom is 0.260 e. The van der Waals surface area contributed by atoms with Crippen LogP contribution in [0, 0.1) is 0 Å². The van der Waals surface area contributed by atoms with E-state index >= 15 is 0 Å². The summed E-state index contributed by atoms with van der Waals surface area (Å²) in [5.41, 5.74) is 1.59. The number of carbonyl (C=O) groups is 2. The first-order chi connectivity index (χ1) is 15.1. The van der Waals surface area contributed by atoms with Crippen molar-refractivity contribution < 1.29 is 19.1 Å². The van der Waals surface area contributed by atoms with Gasteiger partial charge in [0.15, 0.2) is 6.61 Å². The first-order valence-electron chi connectivity index (χ1n) is 10.7. The van der Waals surface area contributed by atoms with Crippen molar-refractivity contribution in [2.75, 3.05) is 39.5 Å². The fraction of sp³-hybridized carbons (Fsp3) is 0.417. The lowest BCUT2D eigenvalue weighted by atomic mass is 10.1. The molecule has 1 heterocycles. The van der Waals surface area contributed by atoms with Crippen LogP contribution in [0.1, 0.15) is 35.7 Å². The van der Waals surface area contributed by atoms with E-state index in [-0.39, 0.29) is 18.4 Å². The highest BCUT2D eigenvalue weighted by molar-refractivity contribution is 6.30. The summed E-state index contributed by atoms with van der Waals surface area (Å²) in [5, 5.41) is 0.661. The number of hydrogen-bond donors (Lipinski definition) is 0. The zero-order valence-corrected chi connectivity index (χ0v) is 18.6. The molecule has 0 aliphatic carbocycles. The molecular weight excluding hydrogens is 416 g/mol. The summed E-state index contributed by atoms with van der Waals surface area (Å²) in [6, 6.07) is 14.5. The normalized spacial score (nSPS) is 13.7. The van der Waals surface area contributed by atoms with Gasteiger partial charge in [0.1, 0.15) is 5.75 Å². The Labute approximate surface area is 188 Å². The molecule has 7 heteroatoms. The Morgan fingerprint density at radius 1 is 1.13 bits per heavy atom. The molecular formula is C24H29ClN2O4. The van der Waals surface area contributed by atoms with Crippen LogP contribution < -0.4 is 4.74 Å². The smallest absolute Gasteiger partial charge is 0.260 e. The molecule has 0 radical (unpaired) electrons. The minimum Gasteiger partial charge on any atom is -0.484 e. The molecule has 0 bridgehead atoms. The number of rotatable bonds is 9. The molecule has 166 valence electrons. The number of carbonyl (C=O) groups excluding carboxylic acids is 2. The predicted octanol–water partition coefficient (Wildman–Crippen LogP) is 4.02. The van der Waals surface area contributed by atoms with Crippen molar-refractivity contribution in [3.8, 4) is 5.75 Å². The second-order valence-electron chi connectivity index (χ2n) is 7.52. The third-order valence-electron chi connectivity index (χ3n) is 5.16. The number of nitrogens with zero attached hydrogens (tertiary/aromatic N) is 2. The molecule has 3 rings (SSSR count). The molecule has 6 nitrogen and oxygen atoms in total. The molecule has 1 fully saturated rings. The number of ether oxygens (including phenoxy) is 2. The molecule has 31 heavy (non-hydrogen) atoms. The average Bonchev–Trinajstić information content (AvgIpc) is 2.80. The lowest BCUT2D eigenvalue weighted by Gasteiger charge is -2.26. The summed E-state index contributed by atoms with van der Waals surface area (Å²) in [6.07, 6.45) is 1.93. The van der Waals surface area contributed by atoms with Gasteiger partial charge in [0, 0.05) is 36.8 Å². The quantitative estimate of drug-likeness (QED) is 0.586. The third-order valence-corrected chi connectivity index (χ3v) is 5.39. The van der Waals surface area contributed by atoms with Gasteiger partial charge in [0.05, 0.1) is 13.2 Å². The van der Waals surface area contributed by atoms with Crippen molar-refractivity contribution in [3.63, 3.8) is 0 Å². The Morgan fingerprint density at radius 3 is 2.55 bits per heavy atom. The van der Waals surface area contributed by atoms with Crippen LogP contribution in [0.5, 0.6) is 5.75 Å². The van der Waals surface area contributed by atoms with Gasteiger partial charge in [-0.15, -0.1) is 0 Å².